The largest absolute Gasteiger partial charge is 0.492 e. The van der Waals surface area contributed by atoms with Crippen molar-refractivity contribution in [1.29, 1.82) is 0 Å². The Morgan fingerprint density at radius 3 is 2.17 bits per heavy atom. The average Bonchev–Trinajstić information content (AvgIpc) is 2.45. The Labute approximate surface area is 133 Å². The fourth-order valence-corrected chi connectivity index (χ4v) is 1.09. The molecule has 5 N–H and O–H groups in total. The van der Waals surface area contributed by atoms with Gasteiger partial charge in [-0.2, -0.15) is 13.2 Å². The first-order chi connectivity index (χ1) is 10.9. The van der Waals surface area contributed by atoms with Crippen molar-refractivity contribution < 1.29 is 47.2 Å². The quantitative estimate of drug-likeness (QED) is 0.583. The van der Waals surface area contributed by atoms with E-state index in [4.69, 9.17) is 30.6 Å². The maximum atomic E-state index is 13.0. The number of aliphatic carboxylic acids is 1. The highest BCUT2D eigenvalue weighted by Crippen LogP contribution is 2.17. The molecule has 1 aromatic rings. The van der Waals surface area contributed by atoms with Crippen LogP contribution in [0.1, 0.15) is 17.3 Å². The van der Waals surface area contributed by atoms with Gasteiger partial charge in [0.05, 0.1) is 17.7 Å². The molecule has 0 aliphatic heterocycles. The maximum Gasteiger partial charge on any atom is 0.490 e. The smallest absolute Gasteiger partial charge is 0.490 e. The molecule has 0 aliphatic carbocycles. The molecule has 0 heterocycles. The van der Waals surface area contributed by atoms with E-state index in [0.717, 1.165) is 12.1 Å². The number of carbonyl (C=O) groups is 2. The molecular formula is C13H15F4NO6. The van der Waals surface area contributed by atoms with E-state index in [0.29, 0.717) is 0 Å². The van der Waals surface area contributed by atoms with Crippen LogP contribution in [0.2, 0.25) is 0 Å². The molecule has 0 amide bonds. The molecule has 0 spiro atoms. The van der Waals surface area contributed by atoms with Gasteiger partial charge in [-0.3, -0.25) is 0 Å². The summed E-state index contributed by atoms with van der Waals surface area (Å²) in [5.41, 5.74) is 5.06. The molecule has 0 saturated carbocycles. The Morgan fingerprint density at radius 2 is 1.79 bits per heavy atom. The molecule has 24 heavy (non-hydrogen) atoms. The second-order valence-electron chi connectivity index (χ2n) is 4.47. The van der Waals surface area contributed by atoms with Gasteiger partial charge in [0.15, 0.2) is 0 Å². The first kappa shape index (κ1) is 21.6. The van der Waals surface area contributed by atoms with E-state index < -0.39 is 41.6 Å². The van der Waals surface area contributed by atoms with Crippen LogP contribution in [0.4, 0.5) is 17.6 Å². The van der Waals surface area contributed by atoms with E-state index >= 15 is 0 Å². The first-order valence-electron chi connectivity index (χ1n) is 6.25. The van der Waals surface area contributed by atoms with Crippen LogP contribution in [0.5, 0.6) is 5.75 Å². The highest BCUT2D eigenvalue weighted by Gasteiger charge is 2.38. The Hall–Kier alpha value is -2.40. The van der Waals surface area contributed by atoms with Gasteiger partial charge < -0.3 is 25.8 Å². The SMILES string of the molecule is CC(O)C(N)COc1ccc(F)c(C(=O)O)c1.O=C(O)C(F)(F)F. The summed E-state index contributed by atoms with van der Waals surface area (Å²) >= 11 is 0. The van der Waals surface area contributed by atoms with Crippen molar-refractivity contribution in [2.45, 2.75) is 25.2 Å². The first-order valence-corrected chi connectivity index (χ1v) is 6.25. The zero-order valence-corrected chi connectivity index (χ0v) is 12.2. The van der Waals surface area contributed by atoms with Gasteiger partial charge >= 0.3 is 18.1 Å². The van der Waals surface area contributed by atoms with E-state index in [9.17, 15) is 22.4 Å². The summed E-state index contributed by atoms with van der Waals surface area (Å²) in [5, 5.41) is 24.9. The average molecular weight is 357 g/mol. The molecule has 1 aromatic carbocycles. The third-order valence-corrected chi connectivity index (χ3v) is 2.47. The maximum absolute atomic E-state index is 13.0. The van der Waals surface area contributed by atoms with E-state index in [1.807, 2.05) is 0 Å². The van der Waals surface area contributed by atoms with Crippen LogP contribution in [0, 0.1) is 5.82 Å². The molecule has 0 aromatic heterocycles. The van der Waals surface area contributed by atoms with Crippen molar-refractivity contribution in [2.75, 3.05) is 6.61 Å². The molecule has 2 atom stereocenters. The van der Waals surface area contributed by atoms with Gasteiger partial charge in [-0.1, -0.05) is 0 Å². The zero-order valence-electron chi connectivity index (χ0n) is 12.2. The predicted octanol–water partition coefficient (Wildman–Crippen LogP) is 1.24. The number of halogens is 4. The lowest BCUT2D eigenvalue weighted by Gasteiger charge is -2.15. The van der Waals surface area contributed by atoms with Crippen molar-refractivity contribution in [2.24, 2.45) is 5.73 Å². The van der Waals surface area contributed by atoms with Crippen molar-refractivity contribution >= 4 is 11.9 Å². The van der Waals surface area contributed by atoms with Crippen molar-refractivity contribution in [3.63, 3.8) is 0 Å². The van der Waals surface area contributed by atoms with Crippen LogP contribution in [-0.4, -0.2) is 52.2 Å². The Kier molecular flexibility index (Phi) is 8.13. The minimum Gasteiger partial charge on any atom is -0.492 e. The Balaban J connectivity index is 0.000000640. The highest BCUT2D eigenvalue weighted by molar-refractivity contribution is 5.88. The molecule has 2 unspecified atom stereocenters. The molecule has 1 rings (SSSR count). The number of aliphatic hydroxyl groups excluding tert-OH is 1. The summed E-state index contributed by atoms with van der Waals surface area (Å²) in [7, 11) is 0. The number of benzene rings is 1. The molecule has 0 radical (unpaired) electrons. The summed E-state index contributed by atoms with van der Waals surface area (Å²) in [4.78, 5) is 19.6. The fourth-order valence-electron chi connectivity index (χ4n) is 1.09. The highest BCUT2D eigenvalue weighted by atomic mass is 19.4. The molecule has 0 fully saturated rings. The number of ether oxygens (including phenoxy) is 1. The summed E-state index contributed by atoms with van der Waals surface area (Å²) < 4.78 is 49.9. The molecule has 0 bridgehead atoms. The number of aliphatic hydroxyl groups is 1. The van der Waals surface area contributed by atoms with Gasteiger partial charge in [0.25, 0.3) is 0 Å². The van der Waals surface area contributed by atoms with Crippen LogP contribution in [0.25, 0.3) is 0 Å². The van der Waals surface area contributed by atoms with E-state index in [2.05, 4.69) is 0 Å². The number of aromatic carboxylic acids is 1. The van der Waals surface area contributed by atoms with Crippen LogP contribution in [0.3, 0.4) is 0 Å². The van der Waals surface area contributed by atoms with Gasteiger partial charge in [-0.25, -0.2) is 14.0 Å². The lowest BCUT2D eigenvalue weighted by Crippen LogP contribution is -2.37. The normalized spacial score (nSPS) is 13.3. The Morgan fingerprint density at radius 1 is 1.29 bits per heavy atom. The van der Waals surface area contributed by atoms with Crippen LogP contribution in [0.15, 0.2) is 18.2 Å². The van der Waals surface area contributed by atoms with E-state index in [-0.39, 0.29) is 12.4 Å². The third-order valence-electron chi connectivity index (χ3n) is 2.47. The van der Waals surface area contributed by atoms with Gasteiger partial charge in [0, 0.05) is 0 Å². The number of alkyl halides is 3. The predicted molar refractivity (Wildman–Crippen MR) is 72.2 cm³/mol. The summed E-state index contributed by atoms with van der Waals surface area (Å²) in [5.74, 6) is -4.76. The lowest BCUT2D eigenvalue weighted by atomic mass is 10.2. The van der Waals surface area contributed by atoms with Gasteiger partial charge in [0.1, 0.15) is 18.2 Å². The molecule has 0 saturated heterocycles. The van der Waals surface area contributed by atoms with Crippen LogP contribution < -0.4 is 10.5 Å². The van der Waals surface area contributed by atoms with Crippen LogP contribution >= 0.6 is 0 Å². The second kappa shape index (κ2) is 9.03. The number of rotatable bonds is 5. The molecule has 136 valence electrons. The summed E-state index contributed by atoms with van der Waals surface area (Å²) in [6, 6.07) is 2.80. The van der Waals surface area contributed by atoms with E-state index in [1.165, 1.54) is 13.0 Å². The van der Waals surface area contributed by atoms with Crippen molar-refractivity contribution in [1.82, 2.24) is 0 Å². The number of hydrogen-bond acceptors (Lipinski definition) is 5. The number of hydrogen-bond donors (Lipinski definition) is 4. The molecule has 7 nitrogen and oxygen atoms in total. The standard InChI is InChI=1S/C11H14FNO4.C2HF3O2/c1-6(14)10(13)5-17-7-2-3-9(12)8(4-7)11(15)16;3-2(4,5)1(6)7/h2-4,6,10,14H,5,13H2,1H3,(H,15,16);(H,6,7). The summed E-state index contributed by atoms with van der Waals surface area (Å²) in [6.07, 6.45) is -5.82. The van der Waals surface area contributed by atoms with Crippen molar-refractivity contribution in [3.05, 3.63) is 29.6 Å². The fraction of sp³-hybridized carbons (Fsp3) is 0.385. The Bertz CT molecular complexity index is 576. The number of carboxylic acid groups (broad SMARTS) is 2. The molecule has 0 aliphatic rings. The molecule has 11 heteroatoms. The minimum atomic E-state index is -5.08. The topological polar surface area (TPSA) is 130 Å². The van der Waals surface area contributed by atoms with Crippen molar-refractivity contribution in [3.8, 4) is 5.75 Å². The van der Waals surface area contributed by atoms with E-state index in [1.54, 1.807) is 0 Å². The van der Waals surface area contributed by atoms with Gasteiger partial charge in [0.2, 0.25) is 0 Å². The summed E-state index contributed by atoms with van der Waals surface area (Å²) in [6.45, 7) is 1.53. The number of nitrogens with two attached hydrogens (primary N) is 1. The van der Waals surface area contributed by atoms with Crippen LogP contribution in [-0.2, 0) is 4.79 Å². The lowest BCUT2D eigenvalue weighted by molar-refractivity contribution is -0.192. The van der Waals surface area contributed by atoms with Gasteiger partial charge in [-0.05, 0) is 25.1 Å². The minimum absolute atomic E-state index is 0.0162. The third kappa shape index (κ3) is 7.74. The second-order valence-corrected chi connectivity index (χ2v) is 4.47. The van der Waals surface area contributed by atoms with Gasteiger partial charge in [-0.15, -0.1) is 0 Å². The zero-order chi connectivity index (χ0) is 19.1. The number of carboxylic acids is 2. The molecular weight excluding hydrogens is 342 g/mol. The monoisotopic (exact) mass is 357 g/mol.